The standard InChI is InChI=1S/C14H16N6O2/c1-8-4-5-11-9(6-8)10(17-19(11)2)7-15-13(21)12-16-14(22)20(3)18-12/h4-6H,7H2,1-3H3,(H,15,21)(H,16,18,22). The van der Waals surface area contributed by atoms with Gasteiger partial charge in [0.1, 0.15) is 0 Å². The van der Waals surface area contributed by atoms with Crippen molar-refractivity contribution in [3.8, 4) is 0 Å². The van der Waals surface area contributed by atoms with Gasteiger partial charge in [-0.15, -0.1) is 5.10 Å². The van der Waals surface area contributed by atoms with Crippen molar-refractivity contribution in [1.29, 1.82) is 0 Å². The molecule has 2 aromatic heterocycles. The number of hydrogen-bond acceptors (Lipinski definition) is 4. The third-order valence-corrected chi connectivity index (χ3v) is 3.48. The number of hydrogen-bond donors (Lipinski definition) is 2. The van der Waals surface area contributed by atoms with Gasteiger partial charge in [-0.2, -0.15) is 5.10 Å². The molecule has 22 heavy (non-hydrogen) atoms. The minimum absolute atomic E-state index is 0.0103. The summed E-state index contributed by atoms with van der Waals surface area (Å²) in [5.74, 6) is -0.451. The fourth-order valence-electron chi connectivity index (χ4n) is 2.34. The van der Waals surface area contributed by atoms with Crippen molar-refractivity contribution in [3.05, 3.63) is 45.8 Å². The highest BCUT2D eigenvalue weighted by Crippen LogP contribution is 2.19. The van der Waals surface area contributed by atoms with Gasteiger partial charge in [-0.05, 0) is 19.1 Å². The van der Waals surface area contributed by atoms with E-state index in [-0.39, 0.29) is 12.4 Å². The lowest BCUT2D eigenvalue weighted by Crippen LogP contribution is -2.24. The zero-order chi connectivity index (χ0) is 15.9. The summed E-state index contributed by atoms with van der Waals surface area (Å²) in [6.45, 7) is 2.27. The van der Waals surface area contributed by atoms with Gasteiger partial charge >= 0.3 is 5.69 Å². The van der Waals surface area contributed by atoms with Gasteiger partial charge in [0.15, 0.2) is 0 Å². The van der Waals surface area contributed by atoms with Crippen LogP contribution in [0.15, 0.2) is 23.0 Å². The largest absolute Gasteiger partial charge is 0.344 e. The van der Waals surface area contributed by atoms with Gasteiger partial charge < -0.3 is 5.32 Å². The Bertz CT molecular complexity index is 917. The van der Waals surface area contributed by atoms with E-state index in [9.17, 15) is 9.59 Å². The first-order valence-corrected chi connectivity index (χ1v) is 6.79. The third-order valence-electron chi connectivity index (χ3n) is 3.48. The van der Waals surface area contributed by atoms with Crippen LogP contribution in [0.4, 0.5) is 0 Å². The van der Waals surface area contributed by atoms with Crippen LogP contribution in [0.2, 0.25) is 0 Å². The second-order valence-corrected chi connectivity index (χ2v) is 5.18. The van der Waals surface area contributed by atoms with Crippen molar-refractivity contribution >= 4 is 16.8 Å². The van der Waals surface area contributed by atoms with Gasteiger partial charge in [-0.25, -0.2) is 9.48 Å². The van der Waals surface area contributed by atoms with Gasteiger partial charge in [-0.3, -0.25) is 14.5 Å². The summed E-state index contributed by atoms with van der Waals surface area (Å²) in [4.78, 5) is 25.7. The number of aromatic amines is 1. The minimum Gasteiger partial charge on any atom is -0.344 e. The van der Waals surface area contributed by atoms with Gasteiger partial charge in [0.25, 0.3) is 5.91 Å². The Hall–Kier alpha value is -2.90. The maximum atomic E-state index is 12.0. The molecule has 0 bridgehead atoms. The molecular weight excluding hydrogens is 284 g/mol. The molecule has 0 saturated heterocycles. The molecule has 3 aromatic rings. The van der Waals surface area contributed by atoms with Crippen LogP contribution in [0, 0.1) is 6.92 Å². The Morgan fingerprint density at radius 2 is 2.05 bits per heavy atom. The highest BCUT2D eigenvalue weighted by Gasteiger charge is 2.14. The molecule has 0 aliphatic heterocycles. The van der Waals surface area contributed by atoms with Gasteiger partial charge in [0, 0.05) is 19.5 Å². The number of H-pyrrole nitrogens is 1. The number of nitrogens with zero attached hydrogens (tertiary/aromatic N) is 4. The lowest BCUT2D eigenvalue weighted by Gasteiger charge is -2.01. The fraction of sp³-hybridized carbons (Fsp3) is 0.286. The van der Waals surface area contributed by atoms with Crippen LogP contribution in [0.3, 0.4) is 0 Å². The van der Waals surface area contributed by atoms with Gasteiger partial charge in [0.2, 0.25) is 5.82 Å². The quantitative estimate of drug-likeness (QED) is 0.723. The van der Waals surface area contributed by atoms with E-state index in [0.29, 0.717) is 0 Å². The van der Waals surface area contributed by atoms with E-state index in [1.54, 1.807) is 4.68 Å². The first kappa shape index (κ1) is 14.1. The molecule has 0 atom stereocenters. The van der Waals surface area contributed by atoms with Crippen LogP contribution in [-0.4, -0.2) is 30.5 Å². The molecule has 1 aromatic carbocycles. The second-order valence-electron chi connectivity index (χ2n) is 5.18. The van der Waals surface area contributed by atoms with Crippen LogP contribution < -0.4 is 11.0 Å². The second kappa shape index (κ2) is 5.14. The van der Waals surface area contributed by atoms with E-state index in [1.807, 2.05) is 32.2 Å². The van der Waals surface area contributed by atoms with E-state index >= 15 is 0 Å². The Kier molecular flexibility index (Phi) is 3.28. The molecule has 8 nitrogen and oxygen atoms in total. The lowest BCUT2D eigenvalue weighted by atomic mass is 10.1. The molecule has 0 aliphatic rings. The number of aromatic nitrogens is 5. The average Bonchev–Trinajstić information content (AvgIpc) is 2.97. The Morgan fingerprint density at radius 3 is 2.73 bits per heavy atom. The van der Waals surface area contributed by atoms with E-state index in [1.165, 1.54) is 7.05 Å². The minimum atomic E-state index is -0.441. The number of nitrogens with one attached hydrogen (secondary N) is 2. The molecule has 0 fully saturated rings. The monoisotopic (exact) mass is 300 g/mol. The maximum Gasteiger partial charge on any atom is 0.343 e. The Balaban J connectivity index is 1.83. The fourth-order valence-corrected chi connectivity index (χ4v) is 2.34. The van der Waals surface area contributed by atoms with Crippen LogP contribution >= 0.6 is 0 Å². The first-order chi connectivity index (χ1) is 10.5. The number of carbonyl (C=O) groups is 1. The van der Waals surface area contributed by atoms with Crippen molar-refractivity contribution in [2.75, 3.05) is 0 Å². The van der Waals surface area contributed by atoms with E-state index < -0.39 is 11.6 Å². The van der Waals surface area contributed by atoms with Crippen LogP contribution in [0.1, 0.15) is 21.9 Å². The molecule has 1 amide bonds. The number of rotatable bonds is 3. The highest BCUT2D eigenvalue weighted by atomic mass is 16.2. The molecule has 0 radical (unpaired) electrons. The predicted molar refractivity (Wildman–Crippen MR) is 80.4 cm³/mol. The van der Waals surface area contributed by atoms with Crippen molar-refractivity contribution in [1.82, 2.24) is 29.9 Å². The number of amides is 1. The van der Waals surface area contributed by atoms with Crippen LogP contribution in [0.25, 0.3) is 10.9 Å². The smallest absolute Gasteiger partial charge is 0.343 e. The predicted octanol–water partition coefficient (Wildman–Crippen LogP) is 0.234. The van der Waals surface area contributed by atoms with Gasteiger partial charge in [-0.1, -0.05) is 11.6 Å². The van der Waals surface area contributed by atoms with E-state index in [2.05, 4.69) is 20.5 Å². The summed E-state index contributed by atoms with van der Waals surface area (Å²) in [6, 6.07) is 6.05. The number of carbonyl (C=O) groups excluding carboxylic acids is 1. The molecular formula is C14H16N6O2. The zero-order valence-corrected chi connectivity index (χ0v) is 12.5. The third kappa shape index (κ3) is 2.39. The molecule has 0 saturated carbocycles. The SMILES string of the molecule is Cc1ccc2c(c1)c(CNC(=O)c1nn(C)c(=O)[nH]1)nn2C. The number of fused-ring (bicyclic) bond motifs is 1. The maximum absolute atomic E-state index is 12.0. The number of aryl methyl sites for hydroxylation is 3. The molecule has 0 unspecified atom stereocenters. The van der Waals surface area contributed by atoms with Crippen LogP contribution in [-0.2, 0) is 20.6 Å². The Labute approximate surface area is 125 Å². The summed E-state index contributed by atoms with van der Waals surface area (Å²) < 4.78 is 2.85. The summed E-state index contributed by atoms with van der Waals surface area (Å²) in [5, 5.41) is 12.0. The topological polar surface area (TPSA) is 97.6 Å². The molecule has 2 heterocycles. The van der Waals surface area contributed by atoms with Crippen LogP contribution in [0.5, 0.6) is 0 Å². The molecule has 114 valence electrons. The molecule has 3 rings (SSSR count). The summed E-state index contributed by atoms with van der Waals surface area (Å²) in [7, 11) is 3.34. The van der Waals surface area contributed by atoms with Gasteiger partial charge in [0.05, 0.1) is 17.8 Å². The summed E-state index contributed by atoms with van der Waals surface area (Å²) in [6.07, 6.45) is 0. The Morgan fingerprint density at radius 1 is 1.27 bits per heavy atom. The first-order valence-electron chi connectivity index (χ1n) is 6.79. The molecule has 2 N–H and O–H groups in total. The highest BCUT2D eigenvalue weighted by molar-refractivity contribution is 5.90. The summed E-state index contributed by atoms with van der Waals surface area (Å²) >= 11 is 0. The number of benzene rings is 1. The van der Waals surface area contributed by atoms with Crippen molar-refractivity contribution in [2.24, 2.45) is 14.1 Å². The van der Waals surface area contributed by atoms with Crippen molar-refractivity contribution < 1.29 is 4.79 Å². The van der Waals surface area contributed by atoms with Crippen molar-refractivity contribution in [3.63, 3.8) is 0 Å². The zero-order valence-electron chi connectivity index (χ0n) is 12.5. The average molecular weight is 300 g/mol. The summed E-state index contributed by atoms with van der Waals surface area (Å²) in [5.41, 5.74) is 2.47. The normalized spacial score (nSPS) is 11.0. The van der Waals surface area contributed by atoms with E-state index in [0.717, 1.165) is 26.8 Å². The molecule has 0 spiro atoms. The molecule has 8 heteroatoms. The lowest BCUT2D eigenvalue weighted by molar-refractivity contribution is 0.0940. The van der Waals surface area contributed by atoms with E-state index in [4.69, 9.17) is 0 Å². The van der Waals surface area contributed by atoms with Crippen molar-refractivity contribution in [2.45, 2.75) is 13.5 Å². The molecule has 0 aliphatic carbocycles.